The molecule has 6 atom stereocenters. The third-order valence-corrected chi connectivity index (χ3v) is 10.4. The van der Waals surface area contributed by atoms with Crippen LogP contribution in [0.4, 0.5) is 4.79 Å². The normalized spacial score (nSPS) is 26.7. The summed E-state index contributed by atoms with van der Waals surface area (Å²) in [4.78, 5) is 21.0. The summed E-state index contributed by atoms with van der Waals surface area (Å²) in [5.41, 5.74) is 3.21. The number of hydrogen-bond donors (Lipinski definition) is 3. The Balaban J connectivity index is 1.56. The van der Waals surface area contributed by atoms with Crippen molar-refractivity contribution in [2.24, 2.45) is 22.9 Å². The van der Waals surface area contributed by atoms with Crippen molar-refractivity contribution >= 4 is 11.8 Å². The molecule has 2 aromatic carbocycles. The average molecular weight is 693 g/mol. The van der Waals surface area contributed by atoms with E-state index < -0.39 is 23.8 Å². The number of ether oxygens (including phenoxy) is 5. The van der Waals surface area contributed by atoms with Gasteiger partial charge in [0.05, 0.1) is 25.3 Å². The summed E-state index contributed by atoms with van der Waals surface area (Å²) in [6, 6.07) is 9.93. The number of rotatable bonds is 15. The molecule has 0 saturated heterocycles. The number of nitrogens with zero attached hydrogens (tertiary/aromatic N) is 2. The molecule has 0 unspecified atom stereocenters. The number of aromatic hydroxyl groups is 1. The summed E-state index contributed by atoms with van der Waals surface area (Å²) >= 11 is 0. The highest BCUT2D eigenvalue weighted by atomic mass is 16.7. The first kappa shape index (κ1) is 35.6. The highest BCUT2D eigenvalue weighted by Gasteiger charge is 2.65. The number of phenols is 1. The Hall–Kier alpha value is -4.26. The van der Waals surface area contributed by atoms with Gasteiger partial charge in [0.15, 0.2) is 11.5 Å². The van der Waals surface area contributed by atoms with Crippen molar-refractivity contribution in [2.75, 3.05) is 40.8 Å². The lowest BCUT2D eigenvalue weighted by Crippen LogP contribution is -2.70. The summed E-state index contributed by atoms with van der Waals surface area (Å²) < 4.78 is 30.5. The molecule has 0 aromatic heterocycles. The molecule has 1 saturated carbocycles. The van der Waals surface area contributed by atoms with Gasteiger partial charge in [0.25, 0.3) is 0 Å². The fraction of sp³-hybridized carbons (Fsp3) is 0.526. The Labute approximate surface area is 292 Å². The standard InChI is InChI=1S/C38H48N2O10/c1-4-17-49-38-34(40(37(44)45-2)22-24-11-13-32-33(18-24)48-23-47-32)21-30(39-46-3)28-19-25(9-5-7-15-41)27(10-6-8-16-42)35(36(28)38)29-20-26(43)12-14-31(29)50-38/h4,11-14,18-20,25,27,34-36,41-43H,1,5-10,15-17,21-23H2,2-3H3/t25-,27+,34-,35+,36+,38+/m0/s1. The zero-order chi connectivity index (χ0) is 35.3. The molecule has 2 aliphatic carbocycles. The molecule has 4 aliphatic rings. The van der Waals surface area contributed by atoms with Gasteiger partial charge in [0.2, 0.25) is 12.6 Å². The van der Waals surface area contributed by atoms with E-state index in [-0.39, 0.29) is 63.1 Å². The maximum absolute atomic E-state index is 13.9. The van der Waals surface area contributed by atoms with Crippen molar-refractivity contribution in [1.82, 2.24) is 4.90 Å². The molecular weight excluding hydrogens is 644 g/mol. The number of aliphatic hydroxyl groups is 2. The number of oxime groups is 1. The molecule has 0 bridgehead atoms. The van der Waals surface area contributed by atoms with E-state index in [1.165, 1.54) is 14.2 Å². The minimum Gasteiger partial charge on any atom is -0.508 e. The molecule has 6 rings (SSSR count). The van der Waals surface area contributed by atoms with E-state index in [4.69, 9.17) is 28.5 Å². The number of aliphatic hydroxyl groups excluding tert-OH is 2. The van der Waals surface area contributed by atoms with E-state index >= 15 is 0 Å². The van der Waals surface area contributed by atoms with Gasteiger partial charge in [-0.1, -0.05) is 36.2 Å². The maximum atomic E-state index is 13.9. The van der Waals surface area contributed by atoms with Crippen molar-refractivity contribution in [1.29, 1.82) is 0 Å². The Morgan fingerprint density at radius 1 is 1.04 bits per heavy atom. The van der Waals surface area contributed by atoms with Crippen molar-refractivity contribution in [3.8, 4) is 23.0 Å². The second-order valence-electron chi connectivity index (χ2n) is 13.3. The van der Waals surface area contributed by atoms with Crippen LogP contribution in [0.1, 0.15) is 62.0 Å². The molecule has 2 aromatic rings. The van der Waals surface area contributed by atoms with Crippen LogP contribution < -0.4 is 14.2 Å². The van der Waals surface area contributed by atoms with Gasteiger partial charge in [-0.3, -0.25) is 4.90 Å². The molecule has 50 heavy (non-hydrogen) atoms. The van der Waals surface area contributed by atoms with E-state index in [9.17, 15) is 20.1 Å². The van der Waals surface area contributed by atoms with Gasteiger partial charge in [-0.05, 0) is 79.0 Å². The first-order valence-electron chi connectivity index (χ1n) is 17.4. The highest BCUT2D eigenvalue weighted by Crippen LogP contribution is 2.62. The fourth-order valence-corrected chi connectivity index (χ4v) is 8.42. The smallest absolute Gasteiger partial charge is 0.410 e. The zero-order valence-corrected chi connectivity index (χ0v) is 28.8. The number of amides is 1. The molecule has 0 spiro atoms. The van der Waals surface area contributed by atoms with Gasteiger partial charge in [-0.2, -0.15) is 0 Å². The van der Waals surface area contributed by atoms with E-state index in [1.807, 2.05) is 18.2 Å². The highest BCUT2D eigenvalue weighted by molar-refractivity contribution is 6.02. The van der Waals surface area contributed by atoms with Crippen LogP contribution in [0.15, 0.2) is 65.9 Å². The van der Waals surface area contributed by atoms with Gasteiger partial charge < -0.3 is 43.8 Å². The molecule has 2 aliphatic heterocycles. The Morgan fingerprint density at radius 2 is 1.80 bits per heavy atom. The molecule has 12 nitrogen and oxygen atoms in total. The first-order valence-corrected chi connectivity index (χ1v) is 17.4. The summed E-state index contributed by atoms with van der Waals surface area (Å²) in [6.45, 7) is 4.54. The molecular formula is C38H48N2O10. The van der Waals surface area contributed by atoms with Crippen molar-refractivity contribution < 1.29 is 48.6 Å². The Kier molecular flexibility index (Phi) is 11.2. The summed E-state index contributed by atoms with van der Waals surface area (Å²) in [5.74, 6) is -0.117. The number of benzene rings is 2. The predicted octanol–water partition coefficient (Wildman–Crippen LogP) is 5.65. The molecule has 12 heteroatoms. The molecule has 3 N–H and O–H groups in total. The van der Waals surface area contributed by atoms with Crippen molar-refractivity contribution in [2.45, 2.75) is 69.2 Å². The predicted molar refractivity (Wildman–Crippen MR) is 184 cm³/mol. The summed E-state index contributed by atoms with van der Waals surface area (Å²) in [6.07, 6.45) is 8.15. The number of unbranched alkanes of at least 4 members (excludes halogenated alkanes) is 2. The molecule has 1 amide bonds. The SMILES string of the molecule is C=CCO[C@@]12Oc3ccc(O)cc3[C@H]3[C@H](CCCCO)[C@@H](CCCCO)C=C(C(=NOC)C[C@@H]1N(Cc1ccc4c(c1)OCO4)C(=O)OC)[C@H]32. The number of fused-ring (bicyclic) bond motifs is 3. The monoisotopic (exact) mass is 692 g/mol. The van der Waals surface area contributed by atoms with Crippen LogP contribution in [0.2, 0.25) is 0 Å². The van der Waals surface area contributed by atoms with Gasteiger partial charge in [0, 0.05) is 37.7 Å². The first-order chi connectivity index (χ1) is 24.4. The van der Waals surface area contributed by atoms with E-state index in [0.717, 1.165) is 42.4 Å². The number of phenolic OH excluding ortho intramolecular Hbond substituents is 1. The number of allylic oxidation sites excluding steroid dienone is 1. The lowest BCUT2D eigenvalue weighted by Gasteiger charge is -2.59. The zero-order valence-electron chi connectivity index (χ0n) is 28.8. The van der Waals surface area contributed by atoms with Crippen molar-refractivity contribution in [3.05, 3.63) is 71.8 Å². The minimum atomic E-state index is -1.43. The van der Waals surface area contributed by atoms with Gasteiger partial charge >= 0.3 is 6.09 Å². The van der Waals surface area contributed by atoms with E-state index in [2.05, 4.69) is 17.8 Å². The van der Waals surface area contributed by atoms with Crippen LogP contribution >= 0.6 is 0 Å². The van der Waals surface area contributed by atoms with Crippen LogP contribution in [-0.2, 0) is 20.9 Å². The van der Waals surface area contributed by atoms with Gasteiger partial charge in [-0.25, -0.2) is 4.79 Å². The number of hydrogen-bond acceptors (Lipinski definition) is 11. The third kappa shape index (κ3) is 6.76. The van der Waals surface area contributed by atoms with Gasteiger partial charge in [-0.15, -0.1) is 6.58 Å². The molecule has 2 heterocycles. The number of carbonyl (C=O) groups excluding carboxylic acids is 1. The second kappa shape index (κ2) is 15.7. The van der Waals surface area contributed by atoms with Crippen LogP contribution in [0.25, 0.3) is 0 Å². The molecule has 1 fully saturated rings. The third-order valence-electron chi connectivity index (χ3n) is 10.4. The number of carbonyl (C=O) groups is 1. The lowest BCUT2D eigenvalue weighted by molar-refractivity contribution is -0.256. The van der Waals surface area contributed by atoms with Crippen molar-refractivity contribution in [3.63, 3.8) is 0 Å². The van der Waals surface area contributed by atoms with Crippen LogP contribution in [0.5, 0.6) is 23.0 Å². The second-order valence-corrected chi connectivity index (χ2v) is 13.3. The average Bonchev–Trinajstić information content (AvgIpc) is 3.60. The molecule has 270 valence electrons. The van der Waals surface area contributed by atoms with Gasteiger partial charge in [0.1, 0.15) is 24.7 Å². The van der Waals surface area contributed by atoms with Crippen LogP contribution in [0.3, 0.4) is 0 Å². The van der Waals surface area contributed by atoms with Crippen LogP contribution in [0, 0.1) is 17.8 Å². The number of methoxy groups -OCH3 is 1. The largest absolute Gasteiger partial charge is 0.508 e. The Morgan fingerprint density at radius 3 is 2.54 bits per heavy atom. The Bertz CT molecular complexity index is 1590. The summed E-state index contributed by atoms with van der Waals surface area (Å²) in [7, 11) is 2.85. The minimum absolute atomic E-state index is 0.0492. The van der Waals surface area contributed by atoms with E-state index in [1.54, 1.807) is 29.2 Å². The fourth-order valence-electron chi connectivity index (χ4n) is 8.42. The topological polar surface area (TPSA) is 149 Å². The maximum Gasteiger partial charge on any atom is 0.410 e. The quantitative estimate of drug-likeness (QED) is 0.121. The van der Waals surface area contributed by atoms with E-state index in [0.29, 0.717) is 35.8 Å². The molecule has 0 radical (unpaired) electrons. The summed E-state index contributed by atoms with van der Waals surface area (Å²) in [5, 5.41) is 34.8. The lowest BCUT2D eigenvalue weighted by atomic mass is 9.55. The van der Waals surface area contributed by atoms with Crippen LogP contribution in [-0.4, -0.2) is 84.7 Å².